The summed E-state index contributed by atoms with van der Waals surface area (Å²) < 4.78 is 10.4. The van der Waals surface area contributed by atoms with Gasteiger partial charge < -0.3 is 14.8 Å². The van der Waals surface area contributed by atoms with Crippen LogP contribution in [0.4, 0.5) is 0 Å². The maximum Gasteiger partial charge on any atom is 0.308 e. The molecule has 0 fully saturated rings. The minimum Gasteiger partial charge on any atom is -0.484 e. The van der Waals surface area contributed by atoms with Gasteiger partial charge in [0.15, 0.2) is 6.61 Å². The minimum absolute atomic E-state index is 0.0236. The number of rotatable bonds is 8. The lowest BCUT2D eigenvalue weighted by molar-refractivity contribution is -0.143. The monoisotopic (exact) mass is 395 g/mol. The van der Waals surface area contributed by atoms with Crippen LogP contribution >= 0.6 is 23.2 Å². The van der Waals surface area contributed by atoms with Crippen molar-refractivity contribution in [1.29, 1.82) is 0 Å². The van der Waals surface area contributed by atoms with Crippen LogP contribution in [0.1, 0.15) is 24.9 Å². The standard InChI is InChI=1S/C19H19Cl2NO4/c1-2-25-19(24)11-17(15-5-3-4-6-16(15)21)22-18(23)12-26-14-9-7-13(20)8-10-14/h3-10,17H,2,11-12H2,1H3,(H,22,23)/t17-/m0/s1. The molecule has 7 heteroatoms. The smallest absolute Gasteiger partial charge is 0.308 e. The van der Waals surface area contributed by atoms with E-state index in [1.807, 2.05) is 0 Å². The second kappa shape index (κ2) is 10.0. The highest BCUT2D eigenvalue weighted by molar-refractivity contribution is 6.31. The van der Waals surface area contributed by atoms with Gasteiger partial charge in [-0.25, -0.2) is 0 Å². The number of carbonyl (C=O) groups excluding carboxylic acids is 2. The van der Waals surface area contributed by atoms with Gasteiger partial charge in [0.2, 0.25) is 0 Å². The number of nitrogens with one attached hydrogen (secondary N) is 1. The van der Waals surface area contributed by atoms with Crippen LogP contribution in [0, 0.1) is 0 Å². The summed E-state index contributed by atoms with van der Waals surface area (Å²) in [5.74, 6) is -0.283. The highest BCUT2D eigenvalue weighted by Gasteiger charge is 2.21. The van der Waals surface area contributed by atoms with E-state index in [0.29, 0.717) is 21.4 Å². The van der Waals surface area contributed by atoms with Gasteiger partial charge in [-0.15, -0.1) is 0 Å². The van der Waals surface area contributed by atoms with E-state index in [2.05, 4.69) is 5.32 Å². The molecular formula is C19H19Cl2NO4. The molecule has 0 radical (unpaired) electrons. The molecule has 0 aliphatic rings. The molecule has 0 aromatic heterocycles. The lowest BCUT2D eigenvalue weighted by Gasteiger charge is -2.19. The maximum absolute atomic E-state index is 12.3. The number of hydrogen-bond donors (Lipinski definition) is 1. The van der Waals surface area contributed by atoms with E-state index in [9.17, 15) is 9.59 Å². The summed E-state index contributed by atoms with van der Waals surface area (Å²) in [6.45, 7) is 1.79. The molecule has 0 aliphatic heterocycles. The third-order valence-electron chi connectivity index (χ3n) is 3.48. The van der Waals surface area contributed by atoms with Gasteiger partial charge >= 0.3 is 5.97 Å². The Morgan fingerprint density at radius 1 is 1.08 bits per heavy atom. The number of amides is 1. The molecule has 1 atom stereocenters. The Morgan fingerprint density at radius 2 is 1.77 bits per heavy atom. The summed E-state index contributed by atoms with van der Waals surface area (Å²) in [5.41, 5.74) is 0.641. The van der Waals surface area contributed by atoms with Gasteiger partial charge in [-0.1, -0.05) is 41.4 Å². The van der Waals surface area contributed by atoms with E-state index in [1.165, 1.54) is 0 Å². The van der Waals surface area contributed by atoms with Crippen LogP contribution in [0.5, 0.6) is 5.75 Å². The number of ether oxygens (including phenoxy) is 2. The largest absolute Gasteiger partial charge is 0.484 e. The van der Waals surface area contributed by atoms with Gasteiger partial charge in [0.05, 0.1) is 19.1 Å². The van der Waals surface area contributed by atoms with Crippen molar-refractivity contribution < 1.29 is 19.1 Å². The van der Waals surface area contributed by atoms with E-state index in [0.717, 1.165) is 0 Å². The molecule has 0 aliphatic carbocycles. The molecular weight excluding hydrogens is 377 g/mol. The number of carbonyl (C=O) groups is 2. The average molecular weight is 396 g/mol. The molecule has 1 amide bonds. The molecule has 0 spiro atoms. The molecule has 0 saturated heterocycles. The number of halogens is 2. The first kappa shape index (κ1) is 20.1. The first-order valence-electron chi connectivity index (χ1n) is 8.07. The van der Waals surface area contributed by atoms with Crippen LogP contribution in [0.15, 0.2) is 48.5 Å². The fourth-order valence-corrected chi connectivity index (χ4v) is 2.69. The fourth-order valence-electron chi connectivity index (χ4n) is 2.30. The van der Waals surface area contributed by atoms with Crippen molar-refractivity contribution in [2.45, 2.75) is 19.4 Å². The molecule has 138 valence electrons. The van der Waals surface area contributed by atoms with Crippen LogP contribution in [0.3, 0.4) is 0 Å². The van der Waals surface area contributed by atoms with Crippen molar-refractivity contribution >= 4 is 35.1 Å². The minimum atomic E-state index is -0.607. The topological polar surface area (TPSA) is 64.6 Å². The van der Waals surface area contributed by atoms with Crippen molar-refractivity contribution in [1.82, 2.24) is 5.32 Å². The third-order valence-corrected chi connectivity index (χ3v) is 4.07. The van der Waals surface area contributed by atoms with Crippen LogP contribution in [-0.4, -0.2) is 25.1 Å². The van der Waals surface area contributed by atoms with Crippen LogP contribution in [0.25, 0.3) is 0 Å². The molecule has 0 unspecified atom stereocenters. The first-order valence-corrected chi connectivity index (χ1v) is 8.83. The zero-order chi connectivity index (χ0) is 18.9. The Hall–Kier alpha value is -2.24. The molecule has 0 heterocycles. The van der Waals surface area contributed by atoms with Crippen LogP contribution in [-0.2, 0) is 14.3 Å². The molecule has 2 aromatic carbocycles. The number of benzene rings is 2. The van der Waals surface area contributed by atoms with Crippen molar-refractivity contribution in [3.8, 4) is 5.75 Å². The van der Waals surface area contributed by atoms with E-state index in [1.54, 1.807) is 55.5 Å². The Morgan fingerprint density at radius 3 is 2.42 bits per heavy atom. The summed E-state index contributed by atoms with van der Waals surface area (Å²) in [6, 6.07) is 13.1. The Labute approximate surface area is 162 Å². The van der Waals surface area contributed by atoms with Gasteiger partial charge in [0.1, 0.15) is 5.75 Å². The Bertz CT molecular complexity index is 749. The average Bonchev–Trinajstić information content (AvgIpc) is 2.61. The van der Waals surface area contributed by atoms with Gasteiger partial charge in [0, 0.05) is 10.0 Å². The summed E-state index contributed by atoms with van der Waals surface area (Å²) in [7, 11) is 0. The summed E-state index contributed by atoms with van der Waals surface area (Å²) >= 11 is 12.0. The van der Waals surface area contributed by atoms with E-state index >= 15 is 0 Å². The zero-order valence-electron chi connectivity index (χ0n) is 14.2. The lowest BCUT2D eigenvalue weighted by Crippen LogP contribution is -2.34. The third kappa shape index (κ3) is 6.24. The van der Waals surface area contributed by atoms with Crippen molar-refractivity contribution in [2.24, 2.45) is 0 Å². The zero-order valence-corrected chi connectivity index (χ0v) is 15.7. The van der Waals surface area contributed by atoms with Crippen LogP contribution < -0.4 is 10.1 Å². The first-order chi connectivity index (χ1) is 12.5. The molecule has 1 N–H and O–H groups in total. The Kier molecular flexibility index (Phi) is 7.75. The molecule has 5 nitrogen and oxygen atoms in total. The highest BCUT2D eigenvalue weighted by atomic mass is 35.5. The van der Waals surface area contributed by atoms with Gasteiger partial charge in [0.25, 0.3) is 5.91 Å². The second-order valence-electron chi connectivity index (χ2n) is 5.39. The summed E-state index contributed by atoms with van der Waals surface area (Å²) in [4.78, 5) is 24.1. The van der Waals surface area contributed by atoms with E-state index in [-0.39, 0.29) is 25.5 Å². The van der Waals surface area contributed by atoms with E-state index < -0.39 is 12.0 Å². The van der Waals surface area contributed by atoms with Crippen molar-refractivity contribution in [3.05, 3.63) is 64.1 Å². The van der Waals surface area contributed by atoms with Gasteiger partial charge in [-0.2, -0.15) is 0 Å². The SMILES string of the molecule is CCOC(=O)C[C@H](NC(=O)COc1ccc(Cl)cc1)c1ccccc1Cl. The van der Waals surface area contributed by atoms with Gasteiger partial charge in [-0.3, -0.25) is 9.59 Å². The Balaban J connectivity index is 2.02. The lowest BCUT2D eigenvalue weighted by atomic mass is 10.0. The second-order valence-corrected chi connectivity index (χ2v) is 6.24. The highest BCUT2D eigenvalue weighted by Crippen LogP contribution is 2.25. The molecule has 26 heavy (non-hydrogen) atoms. The molecule has 0 saturated carbocycles. The maximum atomic E-state index is 12.3. The predicted octanol–water partition coefficient (Wildman–Crippen LogP) is 4.18. The summed E-state index contributed by atoms with van der Waals surface area (Å²) in [5, 5.41) is 3.81. The summed E-state index contributed by atoms with van der Waals surface area (Å²) in [6.07, 6.45) is -0.0236. The predicted molar refractivity (Wildman–Crippen MR) is 101 cm³/mol. The van der Waals surface area contributed by atoms with Crippen molar-refractivity contribution in [2.75, 3.05) is 13.2 Å². The fraction of sp³-hybridized carbons (Fsp3) is 0.263. The normalized spacial score (nSPS) is 11.5. The molecule has 2 rings (SSSR count). The van der Waals surface area contributed by atoms with Crippen molar-refractivity contribution in [3.63, 3.8) is 0 Å². The molecule has 0 bridgehead atoms. The van der Waals surface area contributed by atoms with E-state index in [4.69, 9.17) is 32.7 Å². The molecule has 2 aromatic rings. The number of hydrogen-bond acceptors (Lipinski definition) is 4. The quantitative estimate of drug-likeness (QED) is 0.680. The number of esters is 1. The van der Waals surface area contributed by atoms with Gasteiger partial charge in [-0.05, 0) is 42.8 Å². The van der Waals surface area contributed by atoms with Crippen LogP contribution in [0.2, 0.25) is 10.0 Å².